The van der Waals surface area contributed by atoms with Crippen LogP contribution in [-0.4, -0.2) is 22.3 Å². The monoisotopic (exact) mass is 261 g/mol. The van der Waals surface area contributed by atoms with Crippen molar-refractivity contribution in [2.45, 2.75) is 31.7 Å². The molecule has 18 heavy (non-hydrogen) atoms. The Morgan fingerprint density at radius 1 is 1.11 bits per heavy atom. The van der Waals surface area contributed by atoms with Crippen LogP contribution in [0.4, 0.5) is 0 Å². The van der Waals surface area contributed by atoms with Gasteiger partial charge in [0.1, 0.15) is 11.4 Å². The van der Waals surface area contributed by atoms with Gasteiger partial charge in [-0.05, 0) is 62.2 Å². The van der Waals surface area contributed by atoms with Gasteiger partial charge >= 0.3 is 0 Å². The Balaban J connectivity index is 2.24. The number of unbranched alkanes of at least 4 members (excludes halogenated alkanes) is 1. The van der Waals surface area contributed by atoms with Crippen molar-refractivity contribution in [3.8, 4) is 0 Å². The minimum absolute atomic E-state index is 0.767. The van der Waals surface area contributed by atoms with Gasteiger partial charge in [0.05, 0.1) is 5.52 Å². The van der Waals surface area contributed by atoms with Crippen LogP contribution in [0.1, 0.15) is 24.0 Å². The molecule has 2 rings (SSSR count). The van der Waals surface area contributed by atoms with Crippen LogP contribution < -0.4 is 5.73 Å². The SMILES string of the molecule is Cc1cc2ncnc(SCCCCN)c2cc1C. The number of fused-ring (bicyclic) bond motifs is 1. The van der Waals surface area contributed by atoms with Crippen LogP contribution in [-0.2, 0) is 0 Å². The van der Waals surface area contributed by atoms with Crippen molar-refractivity contribution in [3.05, 3.63) is 29.6 Å². The van der Waals surface area contributed by atoms with Crippen LogP contribution in [0.25, 0.3) is 10.9 Å². The number of nitrogens with zero attached hydrogens (tertiary/aromatic N) is 2. The summed E-state index contributed by atoms with van der Waals surface area (Å²) in [7, 11) is 0. The number of hydrogen-bond donors (Lipinski definition) is 1. The number of hydrogen-bond acceptors (Lipinski definition) is 4. The molecule has 2 aromatic rings. The van der Waals surface area contributed by atoms with Gasteiger partial charge in [0.25, 0.3) is 0 Å². The van der Waals surface area contributed by atoms with Crippen molar-refractivity contribution in [2.24, 2.45) is 5.73 Å². The summed E-state index contributed by atoms with van der Waals surface area (Å²) in [5.74, 6) is 1.07. The minimum Gasteiger partial charge on any atom is -0.330 e. The number of rotatable bonds is 5. The zero-order chi connectivity index (χ0) is 13.0. The van der Waals surface area contributed by atoms with Crippen molar-refractivity contribution >= 4 is 22.7 Å². The van der Waals surface area contributed by atoms with E-state index in [2.05, 4.69) is 35.9 Å². The fraction of sp³-hybridized carbons (Fsp3) is 0.429. The highest BCUT2D eigenvalue weighted by Crippen LogP contribution is 2.27. The van der Waals surface area contributed by atoms with Crippen molar-refractivity contribution < 1.29 is 0 Å². The molecule has 1 aromatic carbocycles. The standard InChI is InChI=1S/C14H19N3S/c1-10-7-12-13(8-11(10)2)16-9-17-14(12)18-6-4-3-5-15/h7-9H,3-6,15H2,1-2H3. The van der Waals surface area contributed by atoms with Gasteiger partial charge in [0, 0.05) is 5.39 Å². The molecular formula is C14H19N3S. The number of thioether (sulfide) groups is 1. The summed E-state index contributed by atoms with van der Waals surface area (Å²) in [6.07, 6.45) is 3.87. The van der Waals surface area contributed by atoms with E-state index in [9.17, 15) is 0 Å². The third-order valence-corrected chi connectivity index (χ3v) is 4.14. The average molecular weight is 261 g/mol. The lowest BCUT2D eigenvalue weighted by Gasteiger charge is -2.07. The molecule has 3 nitrogen and oxygen atoms in total. The number of benzene rings is 1. The summed E-state index contributed by atoms with van der Waals surface area (Å²) in [5.41, 5.74) is 9.11. The summed E-state index contributed by atoms with van der Waals surface area (Å²) >= 11 is 1.80. The smallest absolute Gasteiger partial charge is 0.117 e. The molecule has 0 atom stereocenters. The number of aryl methyl sites for hydroxylation is 2. The summed E-state index contributed by atoms with van der Waals surface area (Å²) in [6.45, 7) is 5.01. The van der Waals surface area contributed by atoms with Crippen LogP contribution in [0.15, 0.2) is 23.5 Å². The van der Waals surface area contributed by atoms with E-state index >= 15 is 0 Å². The van der Waals surface area contributed by atoms with Crippen LogP contribution in [0.2, 0.25) is 0 Å². The topological polar surface area (TPSA) is 51.8 Å². The normalized spacial score (nSPS) is 11.1. The summed E-state index contributed by atoms with van der Waals surface area (Å²) in [4.78, 5) is 8.74. The van der Waals surface area contributed by atoms with E-state index in [-0.39, 0.29) is 0 Å². The lowest BCUT2D eigenvalue weighted by Crippen LogP contribution is -1.98. The Hall–Kier alpha value is -1.13. The second-order valence-corrected chi connectivity index (χ2v) is 5.56. The predicted octanol–water partition coefficient (Wildman–Crippen LogP) is 3.08. The molecule has 0 fully saturated rings. The number of aromatic nitrogens is 2. The third-order valence-electron chi connectivity index (χ3n) is 3.05. The van der Waals surface area contributed by atoms with E-state index in [1.807, 2.05) is 0 Å². The highest BCUT2D eigenvalue weighted by molar-refractivity contribution is 7.99. The molecule has 0 spiro atoms. The van der Waals surface area contributed by atoms with Crippen molar-refractivity contribution in [1.29, 1.82) is 0 Å². The van der Waals surface area contributed by atoms with E-state index in [0.29, 0.717) is 0 Å². The van der Waals surface area contributed by atoms with Crippen LogP contribution in [0.3, 0.4) is 0 Å². The molecule has 0 radical (unpaired) electrons. The fourth-order valence-corrected chi connectivity index (χ4v) is 2.80. The van der Waals surface area contributed by atoms with Gasteiger partial charge in [-0.15, -0.1) is 11.8 Å². The van der Waals surface area contributed by atoms with Crippen LogP contribution in [0.5, 0.6) is 0 Å². The molecule has 2 N–H and O–H groups in total. The summed E-state index contributed by atoms with van der Waals surface area (Å²) in [6, 6.07) is 4.33. The van der Waals surface area contributed by atoms with Gasteiger partial charge in [0.15, 0.2) is 0 Å². The van der Waals surface area contributed by atoms with Crippen LogP contribution in [0, 0.1) is 13.8 Å². The van der Waals surface area contributed by atoms with E-state index < -0.39 is 0 Å². The molecule has 0 unspecified atom stereocenters. The maximum atomic E-state index is 5.50. The maximum Gasteiger partial charge on any atom is 0.117 e. The van der Waals surface area contributed by atoms with Crippen molar-refractivity contribution in [1.82, 2.24) is 9.97 Å². The molecule has 1 heterocycles. The van der Waals surface area contributed by atoms with Gasteiger partial charge in [-0.3, -0.25) is 0 Å². The number of nitrogens with two attached hydrogens (primary N) is 1. The first-order valence-corrected chi connectivity index (χ1v) is 7.25. The highest BCUT2D eigenvalue weighted by atomic mass is 32.2. The largest absolute Gasteiger partial charge is 0.330 e. The van der Waals surface area contributed by atoms with E-state index in [1.165, 1.54) is 16.5 Å². The highest BCUT2D eigenvalue weighted by Gasteiger charge is 2.06. The molecule has 0 aliphatic rings. The van der Waals surface area contributed by atoms with E-state index in [1.54, 1.807) is 18.1 Å². The quantitative estimate of drug-likeness (QED) is 0.510. The predicted molar refractivity (Wildman–Crippen MR) is 78.0 cm³/mol. The first-order valence-electron chi connectivity index (χ1n) is 6.27. The third kappa shape index (κ3) is 3.00. The Bertz CT molecular complexity index is 540. The summed E-state index contributed by atoms with van der Waals surface area (Å²) < 4.78 is 0. The molecule has 0 aliphatic carbocycles. The maximum absolute atomic E-state index is 5.50. The lowest BCUT2D eigenvalue weighted by atomic mass is 10.1. The lowest BCUT2D eigenvalue weighted by molar-refractivity contribution is 0.814. The van der Waals surface area contributed by atoms with E-state index in [0.717, 1.165) is 35.7 Å². The first kappa shape index (κ1) is 13.3. The van der Waals surface area contributed by atoms with Crippen molar-refractivity contribution in [3.63, 3.8) is 0 Å². The molecule has 4 heteroatoms. The van der Waals surface area contributed by atoms with E-state index in [4.69, 9.17) is 5.73 Å². The zero-order valence-electron chi connectivity index (χ0n) is 10.9. The van der Waals surface area contributed by atoms with Crippen LogP contribution >= 0.6 is 11.8 Å². The second-order valence-electron chi connectivity index (χ2n) is 4.48. The fourth-order valence-electron chi connectivity index (χ4n) is 1.82. The molecule has 0 saturated carbocycles. The Morgan fingerprint density at radius 2 is 1.89 bits per heavy atom. The molecule has 0 saturated heterocycles. The average Bonchev–Trinajstić information content (AvgIpc) is 2.36. The zero-order valence-corrected chi connectivity index (χ0v) is 11.8. The van der Waals surface area contributed by atoms with Gasteiger partial charge in [0.2, 0.25) is 0 Å². The second kappa shape index (κ2) is 6.16. The van der Waals surface area contributed by atoms with Gasteiger partial charge < -0.3 is 5.73 Å². The Kier molecular flexibility index (Phi) is 4.55. The molecule has 1 aromatic heterocycles. The Morgan fingerprint density at radius 3 is 2.67 bits per heavy atom. The van der Waals surface area contributed by atoms with Gasteiger partial charge in [-0.2, -0.15) is 0 Å². The van der Waals surface area contributed by atoms with Crippen molar-refractivity contribution in [2.75, 3.05) is 12.3 Å². The molecule has 0 aliphatic heterocycles. The minimum atomic E-state index is 0.767. The molecule has 0 amide bonds. The van der Waals surface area contributed by atoms with Gasteiger partial charge in [-0.1, -0.05) is 0 Å². The first-order chi connectivity index (χ1) is 8.72. The molecule has 0 bridgehead atoms. The molecule has 96 valence electrons. The summed E-state index contributed by atoms with van der Waals surface area (Å²) in [5, 5.41) is 2.25. The van der Waals surface area contributed by atoms with Gasteiger partial charge in [-0.25, -0.2) is 9.97 Å². The Labute approximate surface area is 112 Å². The molecular weight excluding hydrogens is 242 g/mol.